The first-order valence-electron chi connectivity index (χ1n) is 6.98. The Labute approximate surface area is 129 Å². The number of rotatable bonds is 5. The molecule has 2 rings (SSSR count). The van der Waals surface area contributed by atoms with Crippen molar-refractivity contribution in [1.29, 1.82) is 0 Å². The second-order valence-corrected chi connectivity index (χ2v) is 5.77. The Bertz CT molecular complexity index is 462. The van der Waals surface area contributed by atoms with Crippen molar-refractivity contribution < 1.29 is 4.79 Å². The maximum atomic E-state index is 11.9. The largest absolute Gasteiger partial charge is 0.352 e. The van der Waals surface area contributed by atoms with E-state index in [4.69, 9.17) is 23.2 Å². The lowest BCUT2D eigenvalue weighted by Crippen LogP contribution is -2.33. The second-order valence-electron chi connectivity index (χ2n) is 5.01. The van der Waals surface area contributed by atoms with Gasteiger partial charge < -0.3 is 10.2 Å². The molecule has 1 aromatic heterocycles. The third-order valence-electron chi connectivity index (χ3n) is 3.44. The average molecular weight is 316 g/mol. The fourth-order valence-electron chi connectivity index (χ4n) is 2.34. The van der Waals surface area contributed by atoms with Gasteiger partial charge in [0.25, 0.3) is 5.91 Å². The number of amides is 1. The normalized spacial score (nSPS) is 16.1. The highest BCUT2D eigenvalue weighted by molar-refractivity contribution is 6.41. The van der Waals surface area contributed by atoms with Crippen LogP contribution in [-0.2, 0) is 0 Å². The SMILES string of the molecule is O=C(NCCCN1CCCCC1)c1cnc(Cl)c(Cl)c1. The van der Waals surface area contributed by atoms with Gasteiger partial charge in [-0.2, -0.15) is 0 Å². The van der Waals surface area contributed by atoms with E-state index in [0.29, 0.717) is 17.1 Å². The molecule has 0 unspecified atom stereocenters. The summed E-state index contributed by atoms with van der Waals surface area (Å²) in [6.45, 7) is 4.07. The van der Waals surface area contributed by atoms with Gasteiger partial charge in [-0.25, -0.2) is 4.98 Å². The summed E-state index contributed by atoms with van der Waals surface area (Å²) in [5.41, 5.74) is 0.442. The molecule has 6 heteroatoms. The lowest BCUT2D eigenvalue weighted by atomic mass is 10.1. The minimum atomic E-state index is -0.158. The van der Waals surface area contributed by atoms with Crippen LogP contribution in [-0.4, -0.2) is 42.0 Å². The summed E-state index contributed by atoms with van der Waals surface area (Å²) >= 11 is 11.6. The highest BCUT2D eigenvalue weighted by Gasteiger charge is 2.11. The zero-order chi connectivity index (χ0) is 14.4. The zero-order valence-corrected chi connectivity index (χ0v) is 12.9. The number of nitrogens with one attached hydrogen (secondary N) is 1. The summed E-state index contributed by atoms with van der Waals surface area (Å²) in [6.07, 6.45) is 6.33. The van der Waals surface area contributed by atoms with Crippen LogP contribution < -0.4 is 5.32 Å². The maximum Gasteiger partial charge on any atom is 0.252 e. The van der Waals surface area contributed by atoms with Crippen LogP contribution in [0.25, 0.3) is 0 Å². The van der Waals surface area contributed by atoms with Gasteiger partial charge in [0.2, 0.25) is 0 Å². The Morgan fingerprint density at radius 1 is 1.30 bits per heavy atom. The topological polar surface area (TPSA) is 45.2 Å². The van der Waals surface area contributed by atoms with Gasteiger partial charge in [0, 0.05) is 12.7 Å². The minimum absolute atomic E-state index is 0.158. The van der Waals surface area contributed by atoms with E-state index in [-0.39, 0.29) is 11.1 Å². The maximum absolute atomic E-state index is 11.9. The summed E-state index contributed by atoms with van der Waals surface area (Å²) in [5.74, 6) is -0.158. The van der Waals surface area contributed by atoms with Crippen LogP contribution in [0.2, 0.25) is 10.2 Å². The van der Waals surface area contributed by atoms with E-state index in [0.717, 1.165) is 13.0 Å². The fourth-order valence-corrected chi connectivity index (χ4v) is 2.60. The van der Waals surface area contributed by atoms with E-state index < -0.39 is 0 Å². The molecule has 0 spiro atoms. The van der Waals surface area contributed by atoms with Crippen molar-refractivity contribution in [1.82, 2.24) is 15.2 Å². The minimum Gasteiger partial charge on any atom is -0.352 e. The fraction of sp³-hybridized carbons (Fsp3) is 0.571. The number of nitrogens with zero attached hydrogens (tertiary/aromatic N) is 2. The smallest absolute Gasteiger partial charge is 0.252 e. The number of pyridine rings is 1. The highest BCUT2D eigenvalue weighted by Crippen LogP contribution is 2.19. The molecule has 20 heavy (non-hydrogen) atoms. The molecule has 1 fully saturated rings. The summed E-state index contributed by atoms with van der Waals surface area (Å²) in [6, 6.07) is 1.54. The molecule has 0 aliphatic carbocycles. The Balaban J connectivity index is 1.70. The predicted molar refractivity (Wildman–Crippen MR) is 81.5 cm³/mol. The first kappa shape index (κ1) is 15.5. The van der Waals surface area contributed by atoms with Crippen LogP contribution in [0.1, 0.15) is 36.0 Å². The van der Waals surface area contributed by atoms with E-state index in [9.17, 15) is 4.79 Å². The molecule has 0 radical (unpaired) electrons. The van der Waals surface area contributed by atoms with Crippen LogP contribution in [0, 0.1) is 0 Å². The van der Waals surface area contributed by atoms with Crippen molar-refractivity contribution in [3.8, 4) is 0 Å². The molecule has 4 nitrogen and oxygen atoms in total. The molecule has 0 bridgehead atoms. The van der Waals surface area contributed by atoms with Crippen LogP contribution in [0.3, 0.4) is 0 Å². The number of aromatic nitrogens is 1. The lowest BCUT2D eigenvalue weighted by Gasteiger charge is -2.26. The number of hydrogen-bond donors (Lipinski definition) is 1. The molecular formula is C14H19Cl2N3O. The standard InChI is InChI=1S/C14H19Cl2N3O/c15-12-9-11(10-18-13(12)16)14(20)17-5-4-8-19-6-2-1-3-7-19/h9-10H,1-8H2,(H,17,20). The van der Waals surface area contributed by atoms with Crippen LogP contribution in [0.5, 0.6) is 0 Å². The third kappa shape index (κ3) is 4.62. The van der Waals surface area contributed by atoms with Crippen molar-refractivity contribution in [2.75, 3.05) is 26.2 Å². The predicted octanol–water partition coefficient (Wildman–Crippen LogP) is 2.99. The first-order chi connectivity index (χ1) is 9.66. The van der Waals surface area contributed by atoms with Gasteiger partial charge in [-0.1, -0.05) is 29.6 Å². The molecule has 1 N–H and O–H groups in total. The van der Waals surface area contributed by atoms with Crippen molar-refractivity contribution >= 4 is 29.1 Å². The van der Waals surface area contributed by atoms with Gasteiger partial charge in [-0.3, -0.25) is 4.79 Å². The molecule has 0 aromatic carbocycles. The van der Waals surface area contributed by atoms with Gasteiger partial charge >= 0.3 is 0 Å². The molecule has 1 aliphatic rings. The third-order valence-corrected chi connectivity index (χ3v) is 4.13. The van der Waals surface area contributed by atoms with E-state index in [1.807, 2.05) is 0 Å². The number of likely N-dealkylation sites (tertiary alicyclic amines) is 1. The highest BCUT2D eigenvalue weighted by atomic mass is 35.5. The van der Waals surface area contributed by atoms with E-state index in [1.54, 1.807) is 0 Å². The van der Waals surface area contributed by atoms with Gasteiger partial charge in [0.15, 0.2) is 0 Å². The number of halogens is 2. The molecule has 1 saturated heterocycles. The second kappa shape index (κ2) is 7.81. The summed E-state index contributed by atoms with van der Waals surface area (Å²) in [5, 5.41) is 3.39. The summed E-state index contributed by atoms with van der Waals surface area (Å²) < 4.78 is 0. The molecule has 0 saturated carbocycles. The molecular weight excluding hydrogens is 297 g/mol. The number of hydrogen-bond acceptors (Lipinski definition) is 3. The van der Waals surface area contributed by atoms with Crippen LogP contribution >= 0.6 is 23.2 Å². The Kier molecular flexibility index (Phi) is 6.07. The molecule has 1 aliphatic heterocycles. The van der Waals surface area contributed by atoms with E-state index >= 15 is 0 Å². The Morgan fingerprint density at radius 2 is 2.05 bits per heavy atom. The van der Waals surface area contributed by atoms with Crippen LogP contribution in [0.15, 0.2) is 12.3 Å². The van der Waals surface area contributed by atoms with E-state index in [1.165, 1.54) is 44.6 Å². The van der Waals surface area contributed by atoms with Gasteiger partial charge in [0.1, 0.15) is 5.15 Å². The van der Waals surface area contributed by atoms with Crippen molar-refractivity contribution in [3.05, 3.63) is 28.0 Å². The molecule has 2 heterocycles. The zero-order valence-electron chi connectivity index (χ0n) is 11.4. The first-order valence-corrected chi connectivity index (χ1v) is 7.74. The summed E-state index contributed by atoms with van der Waals surface area (Å²) in [7, 11) is 0. The number of piperidine rings is 1. The van der Waals surface area contributed by atoms with Crippen LogP contribution in [0.4, 0.5) is 0 Å². The monoisotopic (exact) mass is 315 g/mol. The Hall–Kier alpha value is -0.840. The molecule has 110 valence electrons. The van der Waals surface area contributed by atoms with Crippen molar-refractivity contribution in [2.24, 2.45) is 0 Å². The number of carbonyl (C=O) groups excluding carboxylic acids is 1. The Morgan fingerprint density at radius 3 is 2.75 bits per heavy atom. The molecule has 1 amide bonds. The average Bonchev–Trinajstić information content (AvgIpc) is 2.47. The van der Waals surface area contributed by atoms with Crippen molar-refractivity contribution in [3.63, 3.8) is 0 Å². The molecule has 1 aromatic rings. The number of carbonyl (C=O) groups is 1. The molecule has 0 atom stereocenters. The lowest BCUT2D eigenvalue weighted by molar-refractivity contribution is 0.0950. The van der Waals surface area contributed by atoms with Gasteiger partial charge in [-0.05, 0) is 45.0 Å². The van der Waals surface area contributed by atoms with Crippen molar-refractivity contribution in [2.45, 2.75) is 25.7 Å². The van der Waals surface area contributed by atoms with Gasteiger partial charge in [-0.15, -0.1) is 0 Å². The van der Waals surface area contributed by atoms with E-state index in [2.05, 4.69) is 15.2 Å². The van der Waals surface area contributed by atoms with Gasteiger partial charge in [0.05, 0.1) is 10.6 Å². The quantitative estimate of drug-likeness (QED) is 0.671. The summed E-state index contributed by atoms with van der Waals surface area (Å²) in [4.78, 5) is 18.2.